The third-order valence-corrected chi connectivity index (χ3v) is 4.06. The Kier molecular flexibility index (Phi) is 4.48. The number of fused-ring (bicyclic) bond motifs is 1. The first-order chi connectivity index (χ1) is 12.0. The zero-order valence-corrected chi connectivity index (χ0v) is 13.5. The maximum Gasteiger partial charge on any atom is 0.251 e. The molecule has 0 aliphatic heterocycles. The second-order valence-electron chi connectivity index (χ2n) is 5.74. The number of hydrogen-bond donors (Lipinski definition) is 2. The van der Waals surface area contributed by atoms with Gasteiger partial charge in [-0.2, -0.15) is 5.26 Å². The van der Waals surface area contributed by atoms with Crippen LogP contribution >= 0.6 is 0 Å². The highest BCUT2D eigenvalue weighted by molar-refractivity contribution is 5.94. The molecular weight excluding hydrogens is 324 g/mol. The van der Waals surface area contributed by atoms with Crippen molar-refractivity contribution in [2.45, 2.75) is 13.3 Å². The van der Waals surface area contributed by atoms with E-state index >= 15 is 0 Å². The molecule has 1 amide bonds. The summed E-state index contributed by atoms with van der Waals surface area (Å²) in [6.07, 6.45) is 0.429. The Balaban J connectivity index is 1.74. The number of aromatic amines is 1. The molecule has 0 bridgehead atoms. The number of carbonyl (C=O) groups excluding carboxylic acids is 1. The normalized spacial score (nSPS) is 10.6. The van der Waals surface area contributed by atoms with Gasteiger partial charge in [-0.15, -0.1) is 0 Å². The van der Waals surface area contributed by atoms with E-state index < -0.39 is 11.6 Å². The van der Waals surface area contributed by atoms with Crippen LogP contribution in [0.15, 0.2) is 36.4 Å². The SMILES string of the molecule is Cc1[nH]c2c(F)cc(F)cc2c1CCNC(=O)c1cccc(C#N)c1. The Morgan fingerprint density at radius 3 is 2.84 bits per heavy atom. The molecule has 3 aromatic rings. The van der Waals surface area contributed by atoms with Gasteiger partial charge in [0.05, 0.1) is 17.1 Å². The number of nitriles is 1. The van der Waals surface area contributed by atoms with Gasteiger partial charge < -0.3 is 10.3 Å². The largest absolute Gasteiger partial charge is 0.356 e. The Bertz CT molecular complexity index is 1000. The molecular formula is C19H15F2N3O. The monoisotopic (exact) mass is 339 g/mol. The summed E-state index contributed by atoms with van der Waals surface area (Å²) in [5.41, 5.74) is 2.57. The molecule has 3 rings (SSSR count). The van der Waals surface area contributed by atoms with Crippen molar-refractivity contribution in [1.82, 2.24) is 10.3 Å². The summed E-state index contributed by atoms with van der Waals surface area (Å²) in [6, 6.07) is 10.5. The van der Waals surface area contributed by atoms with Gasteiger partial charge in [-0.3, -0.25) is 4.79 Å². The number of rotatable bonds is 4. The van der Waals surface area contributed by atoms with Gasteiger partial charge in [-0.1, -0.05) is 6.07 Å². The van der Waals surface area contributed by atoms with Crippen molar-refractivity contribution in [3.8, 4) is 6.07 Å². The van der Waals surface area contributed by atoms with E-state index in [-0.39, 0.29) is 11.4 Å². The quantitative estimate of drug-likeness (QED) is 0.762. The van der Waals surface area contributed by atoms with Crippen molar-refractivity contribution in [1.29, 1.82) is 5.26 Å². The smallest absolute Gasteiger partial charge is 0.251 e. The molecule has 25 heavy (non-hydrogen) atoms. The topological polar surface area (TPSA) is 68.7 Å². The highest BCUT2D eigenvalue weighted by atomic mass is 19.1. The molecule has 0 radical (unpaired) electrons. The number of hydrogen-bond acceptors (Lipinski definition) is 2. The zero-order valence-electron chi connectivity index (χ0n) is 13.5. The fourth-order valence-electron chi connectivity index (χ4n) is 2.86. The number of aromatic nitrogens is 1. The van der Waals surface area contributed by atoms with Crippen LogP contribution in [0.4, 0.5) is 8.78 Å². The summed E-state index contributed by atoms with van der Waals surface area (Å²) in [5, 5.41) is 12.1. The third-order valence-electron chi connectivity index (χ3n) is 4.06. The van der Waals surface area contributed by atoms with E-state index in [0.717, 1.165) is 17.3 Å². The highest BCUT2D eigenvalue weighted by Crippen LogP contribution is 2.25. The first kappa shape index (κ1) is 16.7. The number of H-pyrrole nitrogens is 1. The molecule has 1 aromatic heterocycles. The molecule has 0 saturated heterocycles. The maximum absolute atomic E-state index is 13.8. The Labute approximate surface area is 143 Å². The van der Waals surface area contributed by atoms with E-state index in [1.54, 1.807) is 25.1 Å². The Hall–Kier alpha value is -3.20. The number of halogens is 2. The van der Waals surface area contributed by atoms with Crippen LogP contribution in [0.2, 0.25) is 0 Å². The van der Waals surface area contributed by atoms with Gasteiger partial charge >= 0.3 is 0 Å². The van der Waals surface area contributed by atoms with Gasteiger partial charge in [-0.05, 0) is 43.2 Å². The Morgan fingerprint density at radius 2 is 2.08 bits per heavy atom. The van der Waals surface area contributed by atoms with Crippen LogP contribution in [0.1, 0.15) is 27.2 Å². The van der Waals surface area contributed by atoms with Crippen LogP contribution in [0.25, 0.3) is 10.9 Å². The van der Waals surface area contributed by atoms with Crippen LogP contribution in [0.5, 0.6) is 0 Å². The number of amides is 1. The van der Waals surface area contributed by atoms with E-state index in [1.165, 1.54) is 12.1 Å². The molecule has 0 atom stereocenters. The molecule has 0 aliphatic carbocycles. The van der Waals surface area contributed by atoms with Gasteiger partial charge in [0, 0.05) is 29.3 Å². The Morgan fingerprint density at radius 1 is 1.28 bits per heavy atom. The lowest BCUT2D eigenvalue weighted by Gasteiger charge is -2.06. The van der Waals surface area contributed by atoms with E-state index in [9.17, 15) is 13.6 Å². The minimum atomic E-state index is -0.637. The van der Waals surface area contributed by atoms with E-state index in [4.69, 9.17) is 5.26 Å². The molecule has 0 saturated carbocycles. The average molecular weight is 339 g/mol. The highest BCUT2D eigenvalue weighted by Gasteiger charge is 2.14. The predicted octanol–water partition coefficient (Wildman–Crippen LogP) is 3.60. The van der Waals surface area contributed by atoms with Crippen molar-refractivity contribution in [2.24, 2.45) is 0 Å². The van der Waals surface area contributed by atoms with Crippen LogP contribution in [-0.2, 0) is 6.42 Å². The lowest BCUT2D eigenvalue weighted by atomic mass is 10.1. The number of aryl methyl sites for hydroxylation is 1. The molecule has 0 fully saturated rings. The number of benzene rings is 2. The van der Waals surface area contributed by atoms with Gasteiger partial charge in [0.2, 0.25) is 0 Å². The lowest BCUT2D eigenvalue weighted by Crippen LogP contribution is -2.25. The number of nitrogens with one attached hydrogen (secondary N) is 2. The third kappa shape index (κ3) is 3.36. The van der Waals surface area contributed by atoms with Crippen LogP contribution in [0.3, 0.4) is 0 Å². The fraction of sp³-hybridized carbons (Fsp3) is 0.158. The molecule has 1 heterocycles. The summed E-state index contributed by atoms with van der Waals surface area (Å²) >= 11 is 0. The van der Waals surface area contributed by atoms with Crippen molar-refractivity contribution in [2.75, 3.05) is 6.54 Å². The summed E-state index contributed by atoms with van der Waals surface area (Å²) in [7, 11) is 0. The molecule has 126 valence electrons. The standard InChI is InChI=1S/C19H15F2N3O/c1-11-15(16-8-14(20)9-17(21)18(16)24-11)5-6-23-19(25)13-4-2-3-12(7-13)10-22/h2-4,7-9,24H,5-6H2,1H3,(H,23,25). The first-order valence-corrected chi connectivity index (χ1v) is 7.74. The molecule has 2 aromatic carbocycles. The molecule has 2 N–H and O–H groups in total. The van der Waals surface area contributed by atoms with Crippen molar-refractivity contribution in [3.63, 3.8) is 0 Å². The molecule has 0 unspecified atom stereocenters. The summed E-state index contributed by atoms with van der Waals surface area (Å²) in [6.45, 7) is 2.09. The molecule has 0 aliphatic rings. The second-order valence-corrected chi connectivity index (χ2v) is 5.74. The second kappa shape index (κ2) is 6.73. The van der Waals surface area contributed by atoms with Gasteiger partial charge in [0.1, 0.15) is 11.6 Å². The minimum absolute atomic E-state index is 0.266. The van der Waals surface area contributed by atoms with Gasteiger partial charge in [0.15, 0.2) is 0 Å². The summed E-state index contributed by atoms with van der Waals surface area (Å²) < 4.78 is 27.3. The van der Waals surface area contributed by atoms with E-state index in [2.05, 4.69) is 10.3 Å². The van der Waals surface area contributed by atoms with Gasteiger partial charge in [0.25, 0.3) is 5.91 Å². The first-order valence-electron chi connectivity index (χ1n) is 7.74. The van der Waals surface area contributed by atoms with Crippen LogP contribution in [-0.4, -0.2) is 17.4 Å². The molecule has 0 spiro atoms. The predicted molar refractivity (Wildman–Crippen MR) is 90.1 cm³/mol. The fourth-order valence-corrected chi connectivity index (χ4v) is 2.86. The molecule has 6 heteroatoms. The van der Waals surface area contributed by atoms with Gasteiger partial charge in [-0.25, -0.2) is 8.78 Å². The van der Waals surface area contributed by atoms with E-state index in [1.807, 2.05) is 6.07 Å². The van der Waals surface area contributed by atoms with Crippen molar-refractivity contribution < 1.29 is 13.6 Å². The van der Waals surface area contributed by atoms with Crippen LogP contribution in [0, 0.1) is 29.9 Å². The van der Waals surface area contributed by atoms with Crippen LogP contribution < -0.4 is 5.32 Å². The summed E-state index contributed by atoms with van der Waals surface area (Å²) in [4.78, 5) is 15.1. The average Bonchev–Trinajstić information content (AvgIpc) is 2.91. The maximum atomic E-state index is 13.8. The summed E-state index contributed by atoms with van der Waals surface area (Å²) in [5.74, 6) is -1.57. The number of carbonyl (C=O) groups is 1. The van der Waals surface area contributed by atoms with E-state index in [0.29, 0.717) is 29.5 Å². The lowest BCUT2D eigenvalue weighted by molar-refractivity contribution is 0.0954. The molecule has 4 nitrogen and oxygen atoms in total. The minimum Gasteiger partial charge on any atom is -0.356 e. The van der Waals surface area contributed by atoms with Crippen molar-refractivity contribution in [3.05, 3.63) is 70.4 Å². The number of nitrogens with zero attached hydrogens (tertiary/aromatic N) is 1. The van der Waals surface area contributed by atoms with Crippen molar-refractivity contribution >= 4 is 16.8 Å². The zero-order chi connectivity index (χ0) is 18.0.